The molecule has 4 bridgehead atoms. The number of aryl methyl sites for hydroxylation is 1. The summed E-state index contributed by atoms with van der Waals surface area (Å²) in [5, 5.41) is 13.3. The van der Waals surface area contributed by atoms with Crippen molar-refractivity contribution in [2.75, 3.05) is 6.61 Å². The summed E-state index contributed by atoms with van der Waals surface area (Å²) in [6, 6.07) is 16.7. The molecule has 2 unspecified atom stereocenters. The van der Waals surface area contributed by atoms with Gasteiger partial charge in [0, 0.05) is 18.2 Å². The fourth-order valence-electron chi connectivity index (χ4n) is 6.44. The topological polar surface area (TPSA) is 49.3 Å². The van der Waals surface area contributed by atoms with E-state index in [-0.39, 0.29) is 17.4 Å². The second-order valence-corrected chi connectivity index (χ2v) is 9.57. The Balaban J connectivity index is 1.34. The summed E-state index contributed by atoms with van der Waals surface area (Å²) in [5.74, 6) is 1.86. The molecular formula is C25H29NO2. The summed E-state index contributed by atoms with van der Waals surface area (Å²) >= 11 is 0. The maximum absolute atomic E-state index is 13.1. The Kier molecular flexibility index (Phi) is 4.31. The molecule has 2 atom stereocenters. The smallest absolute Gasteiger partial charge is 0.251 e. The van der Waals surface area contributed by atoms with Crippen LogP contribution in [0.1, 0.15) is 48.0 Å². The number of aliphatic hydroxyl groups is 1. The number of hydrogen-bond donors (Lipinski definition) is 2. The number of carbonyl (C=O) groups excluding carboxylic acids is 1. The van der Waals surface area contributed by atoms with E-state index in [0.29, 0.717) is 18.4 Å². The van der Waals surface area contributed by atoms with Crippen molar-refractivity contribution in [1.82, 2.24) is 5.32 Å². The summed E-state index contributed by atoms with van der Waals surface area (Å²) < 4.78 is 0. The SMILES string of the molecule is Cc1ccc(-c2cccc(C(=O)NC3C4CC5CC3CC(CO)(C5)C4)c2)cc1. The van der Waals surface area contributed by atoms with Crippen molar-refractivity contribution in [2.45, 2.75) is 45.1 Å². The molecule has 4 aliphatic rings. The number of hydrogen-bond acceptors (Lipinski definition) is 2. The molecule has 0 heterocycles. The molecule has 4 saturated carbocycles. The summed E-state index contributed by atoms with van der Waals surface area (Å²) in [6.07, 6.45) is 5.77. The quantitative estimate of drug-likeness (QED) is 0.822. The number of aliphatic hydroxyl groups excluding tert-OH is 1. The van der Waals surface area contributed by atoms with Gasteiger partial charge in [-0.05, 0) is 85.5 Å². The Hall–Kier alpha value is -2.13. The fraction of sp³-hybridized carbons (Fsp3) is 0.480. The Labute approximate surface area is 167 Å². The van der Waals surface area contributed by atoms with Crippen LogP contribution < -0.4 is 5.32 Å². The van der Waals surface area contributed by atoms with Gasteiger partial charge in [0.1, 0.15) is 0 Å². The molecule has 146 valence electrons. The highest BCUT2D eigenvalue weighted by atomic mass is 16.3. The van der Waals surface area contributed by atoms with Crippen molar-refractivity contribution in [3.8, 4) is 11.1 Å². The van der Waals surface area contributed by atoms with Gasteiger partial charge < -0.3 is 10.4 Å². The molecule has 6 rings (SSSR count). The van der Waals surface area contributed by atoms with Crippen molar-refractivity contribution < 1.29 is 9.90 Å². The summed E-state index contributed by atoms with van der Waals surface area (Å²) in [4.78, 5) is 13.1. The zero-order chi connectivity index (χ0) is 19.3. The zero-order valence-electron chi connectivity index (χ0n) is 16.5. The average molecular weight is 376 g/mol. The van der Waals surface area contributed by atoms with Crippen LogP contribution in [0.2, 0.25) is 0 Å². The first-order chi connectivity index (χ1) is 13.5. The van der Waals surface area contributed by atoms with E-state index in [1.807, 2.05) is 18.2 Å². The van der Waals surface area contributed by atoms with E-state index < -0.39 is 0 Å². The number of amides is 1. The first kappa shape index (κ1) is 17.9. The van der Waals surface area contributed by atoms with E-state index in [2.05, 4.69) is 42.6 Å². The van der Waals surface area contributed by atoms with Crippen LogP contribution in [0.25, 0.3) is 11.1 Å². The van der Waals surface area contributed by atoms with Gasteiger partial charge in [-0.2, -0.15) is 0 Å². The van der Waals surface area contributed by atoms with Crippen LogP contribution >= 0.6 is 0 Å². The molecule has 4 aliphatic carbocycles. The highest BCUT2D eigenvalue weighted by Gasteiger charge is 2.55. The van der Waals surface area contributed by atoms with Crippen LogP contribution in [-0.2, 0) is 0 Å². The molecule has 4 fully saturated rings. The fourth-order valence-corrected chi connectivity index (χ4v) is 6.44. The van der Waals surface area contributed by atoms with Gasteiger partial charge in [0.2, 0.25) is 0 Å². The van der Waals surface area contributed by atoms with Crippen molar-refractivity contribution in [1.29, 1.82) is 0 Å². The van der Waals surface area contributed by atoms with Crippen molar-refractivity contribution in [2.24, 2.45) is 23.2 Å². The van der Waals surface area contributed by atoms with Gasteiger partial charge in [-0.1, -0.05) is 42.0 Å². The average Bonchev–Trinajstić information content (AvgIpc) is 2.71. The van der Waals surface area contributed by atoms with Crippen LogP contribution in [0.15, 0.2) is 48.5 Å². The second kappa shape index (κ2) is 6.73. The minimum absolute atomic E-state index is 0.0458. The summed E-state index contributed by atoms with van der Waals surface area (Å²) in [7, 11) is 0. The van der Waals surface area contributed by atoms with Crippen LogP contribution in [0.5, 0.6) is 0 Å². The lowest BCUT2D eigenvalue weighted by atomic mass is 9.48. The largest absolute Gasteiger partial charge is 0.396 e. The monoisotopic (exact) mass is 375 g/mol. The van der Waals surface area contributed by atoms with E-state index in [0.717, 1.165) is 35.4 Å². The van der Waals surface area contributed by atoms with Gasteiger partial charge in [0.25, 0.3) is 5.91 Å². The third-order valence-electron chi connectivity index (χ3n) is 7.54. The lowest BCUT2D eigenvalue weighted by Crippen LogP contribution is -2.60. The molecule has 28 heavy (non-hydrogen) atoms. The lowest BCUT2D eigenvalue weighted by Gasteiger charge is -2.59. The van der Waals surface area contributed by atoms with Crippen LogP contribution in [-0.4, -0.2) is 23.7 Å². The second-order valence-electron chi connectivity index (χ2n) is 9.57. The van der Waals surface area contributed by atoms with Crippen LogP contribution in [0.4, 0.5) is 0 Å². The standard InChI is InChI=1S/C25H29NO2/c1-16-5-7-18(8-6-16)19-3-2-4-20(11-19)24(28)26-23-21-9-17-10-22(23)14-25(12-17,13-21)15-27/h2-8,11,17,21-23,27H,9-10,12-15H2,1H3,(H,26,28). The van der Waals surface area contributed by atoms with E-state index >= 15 is 0 Å². The van der Waals surface area contributed by atoms with Gasteiger partial charge in [0.15, 0.2) is 0 Å². The van der Waals surface area contributed by atoms with Gasteiger partial charge in [-0.25, -0.2) is 0 Å². The number of rotatable bonds is 4. The third kappa shape index (κ3) is 3.06. The van der Waals surface area contributed by atoms with Crippen LogP contribution in [0, 0.1) is 30.1 Å². The number of nitrogens with one attached hydrogen (secondary N) is 1. The van der Waals surface area contributed by atoms with Crippen molar-refractivity contribution in [3.05, 3.63) is 59.7 Å². The minimum Gasteiger partial charge on any atom is -0.396 e. The Bertz CT molecular complexity index is 872. The zero-order valence-corrected chi connectivity index (χ0v) is 16.5. The van der Waals surface area contributed by atoms with Crippen molar-refractivity contribution in [3.63, 3.8) is 0 Å². The summed E-state index contributed by atoms with van der Waals surface area (Å²) in [5.41, 5.74) is 4.34. The first-order valence-corrected chi connectivity index (χ1v) is 10.6. The molecule has 1 amide bonds. The predicted molar refractivity (Wildman–Crippen MR) is 111 cm³/mol. The molecule has 2 aromatic carbocycles. The Morgan fingerprint density at radius 3 is 2.43 bits per heavy atom. The van der Waals surface area contributed by atoms with Gasteiger partial charge in [-0.3, -0.25) is 4.79 Å². The number of benzene rings is 2. The van der Waals surface area contributed by atoms with Crippen LogP contribution in [0.3, 0.4) is 0 Å². The van der Waals surface area contributed by atoms with Crippen molar-refractivity contribution >= 4 is 5.91 Å². The highest BCUT2D eigenvalue weighted by Crippen LogP contribution is 2.59. The predicted octanol–water partition coefficient (Wildman–Crippen LogP) is 4.58. The van der Waals surface area contributed by atoms with E-state index in [4.69, 9.17) is 0 Å². The molecular weight excluding hydrogens is 346 g/mol. The van der Waals surface area contributed by atoms with E-state index in [1.54, 1.807) is 0 Å². The Morgan fingerprint density at radius 1 is 1.04 bits per heavy atom. The normalized spacial score (nSPS) is 33.1. The molecule has 0 saturated heterocycles. The minimum atomic E-state index is 0.0458. The summed E-state index contributed by atoms with van der Waals surface area (Å²) in [6.45, 7) is 2.40. The van der Waals surface area contributed by atoms with Gasteiger partial charge in [0.05, 0.1) is 0 Å². The maximum Gasteiger partial charge on any atom is 0.251 e. The van der Waals surface area contributed by atoms with E-state index in [9.17, 15) is 9.90 Å². The molecule has 2 aromatic rings. The highest BCUT2D eigenvalue weighted by molar-refractivity contribution is 5.95. The third-order valence-corrected chi connectivity index (χ3v) is 7.54. The Morgan fingerprint density at radius 2 is 1.75 bits per heavy atom. The molecule has 3 nitrogen and oxygen atoms in total. The number of carbonyl (C=O) groups is 1. The molecule has 0 radical (unpaired) electrons. The molecule has 0 aliphatic heterocycles. The maximum atomic E-state index is 13.1. The van der Waals surface area contributed by atoms with Gasteiger partial charge in [-0.15, -0.1) is 0 Å². The first-order valence-electron chi connectivity index (χ1n) is 10.6. The molecule has 0 aromatic heterocycles. The lowest BCUT2D eigenvalue weighted by molar-refractivity contribution is -0.0969. The van der Waals surface area contributed by atoms with E-state index in [1.165, 1.54) is 24.8 Å². The molecule has 3 heteroatoms. The molecule has 0 spiro atoms. The molecule has 2 N–H and O–H groups in total. The van der Waals surface area contributed by atoms with Gasteiger partial charge >= 0.3 is 0 Å².